The molecule has 1 N–H and O–H groups in total. The van der Waals surface area contributed by atoms with Crippen molar-refractivity contribution in [3.8, 4) is 0 Å². The molecule has 0 aliphatic heterocycles. The third-order valence-corrected chi connectivity index (χ3v) is 3.63. The van der Waals surface area contributed by atoms with Gasteiger partial charge in [0.15, 0.2) is 9.61 Å². The van der Waals surface area contributed by atoms with Crippen molar-refractivity contribution in [1.82, 2.24) is 4.98 Å². The van der Waals surface area contributed by atoms with Crippen molar-refractivity contribution in [3.05, 3.63) is 14.5 Å². The van der Waals surface area contributed by atoms with Crippen molar-refractivity contribution < 1.29 is 9.90 Å². The molecule has 1 rings (SSSR count). The molecule has 0 saturated heterocycles. The number of aromatic nitrogens is 1. The van der Waals surface area contributed by atoms with Crippen molar-refractivity contribution in [3.63, 3.8) is 0 Å². The summed E-state index contributed by atoms with van der Waals surface area (Å²) in [6.07, 6.45) is 0.926. The Hall–Kier alpha value is -0.420. The van der Waals surface area contributed by atoms with Crippen LogP contribution >= 0.6 is 27.3 Å². The van der Waals surface area contributed by atoms with Gasteiger partial charge in [-0.05, 0) is 28.3 Å². The second-order valence-corrected chi connectivity index (χ2v) is 5.10. The summed E-state index contributed by atoms with van der Waals surface area (Å²) in [6, 6.07) is 0. The summed E-state index contributed by atoms with van der Waals surface area (Å²) in [6.45, 7) is 4.04. The molecule has 13 heavy (non-hydrogen) atoms. The molecule has 1 heterocycles. The van der Waals surface area contributed by atoms with Gasteiger partial charge in [0.05, 0.1) is 0 Å². The third kappa shape index (κ3) is 2.28. The molecule has 0 aromatic carbocycles. The van der Waals surface area contributed by atoms with Gasteiger partial charge in [-0.2, -0.15) is 0 Å². The number of carboxylic acids is 1. The molecule has 0 spiro atoms. The molecule has 0 aliphatic rings. The molecule has 72 valence electrons. The first-order valence-electron chi connectivity index (χ1n) is 3.95. The molecule has 1 atom stereocenters. The molecule has 1 aromatic heterocycles. The zero-order chi connectivity index (χ0) is 10.0. The highest BCUT2D eigenvalue weighted by Gasteiger charge is 2.19. The first-order chi connectivity index (χ1) is 6.06. The van der Waals surface area contributed by atoms with Crippen LogP contribution in [0.2, 0.25) is 0 Å². The van der Waals surface area contributed by atoms with Crippen LogP contribution < -0.4 is 0 Å². The minimum Gasteiger partial charge on any atom is -0.476 e. The molecule has 0 bridgehead atoms. The van der Waals surface area contributed by atoms with Gasteiger partial charge in [-0.25, -0.2) is 9.78 Å². The Morgan fingerprint density at radius 2 is 2.38 bits per heavy atom. The zero-order valence-corrected chi connectivity index (χ0v) is 9.78. The molecular formula is C8H10BrNO2S. The van der Waals surface area contributed by atoms with Gasteiger partial charge in [0, 0.05) is 4.88 Å². The summed E-state index contributed by atoms with van der Waals surface area (Å²) in [5, 5.41) is 8.85. The lowest BCUT2D eigenvalue weighted by atomic mass is 10.1. The summed E-state index contributed by atoms with van der Waals surface area (Å²) in [7, 11) is 0. The van der Waals surface area contributed by atoms with E-state index in [1.165, 1.54) is 11.3 Å². The Balaban J connectivity index is 3.11. The maximum absolute atomic E-state index is 10.8. The van der Waals surface area contributed by atoms with Crippen LogP contribution in [0.25, 0.3) is 0 Å². The number of rotatable bonds is 3. The van der Waals surface area contributed by atoms with E-state index in [4.69, 9.17) is 5.11 Å². The van der Waals surface area contributed by atoms with Gasteiger partial charge in [0.1, 0.15) is 0 Å². The van der Waals surface area contributed by atoms with Crippen molar-refractivity contribution in [1.29, 1.82) is 0 Å². The Morgan fingerprint density at radius 1 is 1.77 bits per heavy atom. The number of aromatic carboxylic acids is 1. The molecule has 5 heteroatoms. The number of carboxylic acid groups (broad SMARTS) is 1. The van der Waals surface area contributed by atoms with Crippen LogP contribution in [0, 0.1) is 0 Å². The van der Waals surface area contributed by atoms with Crippen LogP contribution in [0.1, 0.15) is 41.6 Å². The predicted molar refractivity (Wildman–Crippen MR) is 55.5 cm³/mol. The van der Waals surface area contributed by atoms with E-state index in [0.717, 1.165) is 11.3 Å². The topological polar surface area (TPSA) is 50.2 Å². The maximum atomic E-state index is 10.8. The normalized spacial score (nSPS) is 12.8. The second-order valence-electron chi connectivity index (χ2n) is 2.79. The lowest BCUT2D eigenvalue weighted by Crippen LogP contribution is -2.02. The van der Waals surface area contributed by atoms with Crippen molar-refractivity contribution >= 4 is 33.2 Å². The quantitative estimate of drug-likeness (QED) is 0.912. The van der Waals surface area contributed by atoms with E-state index in [2.05, 4.69) is 20.9 Å². The van der Waals surface area contributed by atoms with E-state index < -0.39 is 5.97 Å². The smallest absolute Gasteiger partial charge is 0.355 e. The largest absolute Gasteiger partial charge is 0.476 e. The molecule has 0 fully saturated rings. The van der Waals surface area contributed by atoms with Crippen LogP contribution in [0.4, 0.5) is 0 Å². The standard InChI is InChI=1S/C8H10BrNO2S/c1-3-4(2)6-5(7(11)12)10-8(9)13-6/h4H,3H2,1-2H3,(H,11,12). The highest BCUT2D eigenvalue weighted by atomic mass is 79.9. The molecule has 0 saturated carbocycles. The minimum absolute atomic E-state index is 0.186. The van der Waals surface area contributed by atoms with Gasteiger partial charge in [-0.15, -0.1) is 11.3 Å². The van der Waals surface area contributed by atoms with Crippen LogP contribution in [0.5, 0.6) is 0 Å². The molecule has 1 unspecified atom stereocenters. The zero-order valence-electron chi connectivity index (χ0n) is 7.37. The molecular weight excluding hydrogens is 254 g/mol. The monoisotopic (exact) mass is 263 g/mol. The third-order valence-electron chi connectivity index (χ3n) is 1.89. The maximum Gasteiger partial charge on any atom is 0.355 e. The fourth-order valence-corrected chi connectivity index (χ4v) is 2.59. The van der Waals surface area contributed by atoms with E-state index in [9.17, 15) is 4.79 Å². The van der Waals surface area contributed by atoms with Crippen LogP contribution in [-0.2, 0) is 0 Å². The lowest BCUT2D eigenvalue weighted by Gasteiger charge is -2.04. The number of thiazole rings is 1. The fraction of sp³-hybridized carbons (Fsp3) is 0.500. The van der Waals surface area contributed by atoms with Gasteiger partial charge in [0.2, 0.25) is 0 Å². The van der Waals surface area contributed by atoms with Crippen LogP contribution in [0.3, 0.4) is 0 Å². The Bertz CT molecular complexity index is 324. The summed E-state index contributed by atoms with van der Waals surface area (Å²) in [5.74, 6) is -0.688. The van der Waals surface area contributed by atoms with Crippen molar-refractivity contribution in [2.45, 2.75) is 26.2 Å². The number of hydrogen-bond acceptors (Lipinski definition) is 3. The van der Waals surface area contributed by atoms with Crippen molar-refractivity contribution in [2.24, 2.45) is 0 Å². The summed E-state index contributed by atoms with van der Waals surface area (Å²) < 4.78 is 0.639. The summed E-state index contributed by atoms with van der Waals surface area (Å²) >= 11 is 4.59. The molecule has 0 aliphatic carbocycles. The summed E-state index contributed by atoms with van der Waals surface area (Å²) in [5.41, 5.74) is 0.186. The van der Waals surface area contributed by atoms with Crippen LogP contribution in [-0.4, -0.2) is 16.1 Å². The van der Waals surface area contributed by atoms with Gasteiger partial charge in [-0.1, -0.05) is 13.8 Å². The van der Waals surface area contributed by atoms with E-state index in [1.54, 1.807) is 0 Å². The Morgan fingerprint density at radius 3 is 2.85 bits per heavy atom. The van der Waals surface area contributed by atoms with Gasteiger partial charge in [-0.3, -0.25) is 0 Å². The van der Waals surface area contributed by atoms with Gasteiger partial charge < -0.3 is 5.11 Å². The van der Waals surface area contributed by atoms with E-state index in [-0.39, 0.29) is 11.6 Å². The Labute approximate surface area is 88.9 Å². The van der Waals surface area contributed by atoms with E-state index in [0.29, 0.717) is 3.92 Å². The molecule has 0 amide bonds. The average Bonchev–Trinajstić information content (AvgIpc) is 2.46. The van der Waals surface area contributed by atoms with Gasteiger partial charge in [0.25, 0.3) is 0 Å². The van der Waals surface area contributed by atoms with E-state index in [1.807, 2.05) is 13.8 Å². The lowest BCUT2D eigenvalue weighted by molar-refractivity contribution is 0.0689. The van der Waals surface area contributed by atoms with Crippen molar-refractivity contribution in [2.75, 3.05) is 0 Å². The first-order valence-corrected chi connectivity index (χ1v) is 5.56. The first kappa shape index (κ1) is 10.7. The molecule has 1 aromatic rings. The number of nitrogens with zero attached hydrogens (tertiary/aromatic N) is 1. The average molecular weight is 264 g/mol. The number of carbonyl (C=O) groups is 1. The minimum atomic E-state index is -0.947. The molecule has 3 nitrogen and oxygen atoms in total. The van der Waals surface area contributed by atoms with Gasteiger partial charge >= 0.3 is 5.97 Å². The molecule has 0 radical (unpaired) electrons. The number of hydrogen-bond donors (Lipinski definition) is 1. The Kier molecular flexibility index (Phi) is 3.44. The fourth-order valence-electron chi connectivity index (χ4n) is 0.977. The highest BCUT2D eigenvalue weighted by molar-refractivity contribution is 9.11. The van der Waals surface area contributed by atoms with E-state index >= 15 is 0 Å². The predicted octanol–water partition coefficient (Wildman–Crippen LogP) is 3.12. The second kappa shape index (κ2) is 4.19. The van der Waals surface area contributed by atoms with Crippen LogP contribution in [0.15, 0.2) is 3.92 Å². The SMILES string of the molecule is CCC(C)c1sc(Br)nc1C(=O)O. The highest BCUT2D eigenvalue weighted by Crippen LogP contribution is 2.31. The number of halogens is 1. The summed E-state index contributed by atoms with van der Waals surface area (Å²) in [4.78, 5) is 15.5.